The van der Waals surface area contributed by atoms with Gasteiger partial charge in [-0.15, -0.1) is 0 Å². The fraction of sp³-hybridized carbons (Fsp3) is 0.833. The van der Waals surface area contributed by atoms with E-state index in [1.165, 1.54) is 25.7 Å². The monoisotopic (exact) mass is 294 g/mol. The number of epoxide rings is 1. The van der Waals surface area contributed by atoms with Crippen LogP contribution in [0.15, 0.2) is 12.2 Å². The highest BCUT2D eigenvalue weighted by Crippen LogP contribution is 2.54. The Balaban J connectivity index is 2.04. The van der Waals surface area contributed by atoms with Gasteiger partial charge in [-0.1, -0.05) is 53.4 Å². The van der Waals surface area contributed by atoms with Crippen LogP contribution in [-0.4, -0.2) is 23.3 Å². The number of esters is 1. The molecule has 0 saturated carbocycles. The molecule has 1 unspecified atom stereocenters. The van der Waals surface area contributed by atoms with Crippen molar-refractivity contribution in [2.45, 2.75) is 89.9 Å². The summed E-state index contributed by atoms with van der Waals surface area (Å²) < 4.78 is 11.8. The number of hydrogen-bond acceptors (Lipinski definition) is 3. The number of cyclic esters (lactones) is 1. The molecule has 0 bridgehead atoms. The number of ether oxygens (including phenoxy) is 2. The van der Waals surface area contributed by atoms with E-state index in [0.29, 0.717) is 5.92 Å². The maximum absolute atomic E-state index is 11.5. The van der Waals surface area contributed by atoms with Crippen molar-refractivity contribution in [1.29, 1.82) is 0 Å². The van der Waals surface area contributed by atoms with Crippen molar-refractivity contribution in [3.63, 3.8) is 0 Å². The average molecular weight is 294 g/mol. The highest BCUT2D eigenvalue weighted by atomic mass is 16.7. The van der Waals surface area contributed by atoms with E-state index in [2.05, 4.69) is 27.7 Å². The quantitative estimate of drug-likeness (QED) is 0.467. The third kappa shape index (κ3) is 3.18. The first-order chi connectivity index (χ1) is 10.1. The first kappa shape index (κ1) is 16.5. The molecular weight excluding hydrogens is 264 g/mol. The first-order valence-corrected chi connectivity index (χ1v) is 8.65. The summed E-state index contributed by atoms with van der Waals surface area (Å²) in [4.78, 5) is 11.5. The Morgan fingerprint density at radius 2 is 2.00 bits per heavy atom. The fourth-order valence-corrected chi connectivity index (χ4v) is 3.73. The second-order valence-corrected chi connectivity index (χ2v) is 6.60. The zero-order valence-electron chi connectivity index (χ0n) is 14.0. The van der Waals surface area contributed by atoms with Crippen molar-refractivity contribution >= 4 is 5.97 Å². The van der Waals surface area contributed by atoms with Crippen molar-refractivity contribution in [1.82, 2.24) is 0 Å². The minimum atomic E-state index is -0.518. The second kappa shape index (κ2) is 6.51. The lowest BCUT2D eigenvalue weighted by molar-refractivity contribution is -0.147. The van der Waals surface area contributed by atoms with Crippen molar-refractivity contribution in [3.8, 4) is 0 Å². The molecule has 2 aliphatic rings. The summed E-state index contributed by atoms with van der Waals surface area (Å²) in [6, 6.07) is 0. The van der Waals surface area contributed by atoms with E-state index in [9.17, 15) is 4.79 Å². The molecule has 3 nitrogen and oxygen atoms in total. The molecule has 0 amide bonds. The van der Waals surface area contributed by atoms with Crippen LogP contribution in [0.25, 0.3) is 0 Å². The molecule has 0 aromatic rings. The lowest BCUT2D eigenvalue weighted by Crippen LogP contribution is -2.39. The Morgan fingerprint density at radius 1 is 1.24 bits per heavy atom. The lowest BCUT2D eigenvalue weighted by atomic mass is 9.80. The molecule has 0 aromatic heterocycles. The Bertz CT molecular complexity index is 403. The molecule has 0 N–H and O–H groups in total. The first-order valence-electron chi connectivity index (χ1n) is 8.65. The zero-order chi connectivity index (χ0) is 15.5. The van der Waals surface area contributed by atoms with Crippen molar-refractivity contribution < 1.29 is 14.3 Å². The Morgan fingerprint density at radius 3 is 2.48 bits per heavy atom. The molecule has 2 aliphatic heterocycles. The van der Waals surface area contributed by atoms with Crippen LogP contribution in [0.1, 0.15) is 72.6 Å². The molecule has 4 atom stereocenters. The van der Waals surface area contributed by atoms with Gasteiger partial charge in [0, 0.05) is 6.08 Å². The standard InChI is InChI=1S/C18H30O3/c1-5-9-10-14(6-2)13-18(8-4)16(21-18)17(7-3)12-11-15(19)20-17/h11-12,14,16H,5-10,13H2,1-4H3/t14?,16-,17-,18-/m0/s1. The van der Waals surface area contributed by atoms with Gasteiger partial charge in [0.25, 0.3) is 0 Å². The van der Waals surface area contributed by atoms with E-state index in [-0.39, 0.29) is 17.7 Å². The maximum Gasteiger partial charge on any atom is 0.331 e. The van der Waals surface area contributed by atoms with Crippen LogP contribution in [0.4, 0.5) is 0 Å². The van der Waals surface area contributed by atoms with E-state index in [0.717, 1.165) is 19.3 Å². The van der Waals surface area contributed by atoms with Crippen LogP contribution < -0.4 is 0 Å². The Labute approximate surface area is 129 Å². The highest BCUT2D eigenvalue weighted by molar-refractivity contribution is 5.85. The summed E-state index contributed by atoms with van der Waals surface area (Å²) in [6.07, 6.45) is 11.4. The summed E-state index contributed by atoms with van der Waals surface area (Å²) in [5.41, 5.74) is -0.602. The van der Waals surface area contributed by atoms with E-state index in [1.807, 2.05) is 6.08 Å². The van der Waals surface area contributed by atoms with Gasteiger partial charge in [-0.2, -0.15) is 0 Å². The third-order valence-electron chi connectivity index (χ3n) is 5.34. The summed E-state index contributed by atoms with van der Waals surface area (Å²) in [5, 5.41) is 0. The topological polar surface area (TPSA) is 38.8 Å². The van der Waals surface area contributed by atoms with Crippen molar-refractivity contribution in [2.75, 3.05) is 0 Å². The summed E-state index contributed by atoms with van der Waals surface area (Å²) in [5.74, 6) is 0.486. The molecule has 2 rings (SSSR count). The van der Waals surface area contributed by atoms with Gasteiger partial charge in [0.05, 0.1) is 5.60 Å². The van der Waals surface area contributed by atoms with Gasteiger partial charge in [0.2, 0.25) is 0 Å². The van der Waals surface area contributed by atoms with Crippen LogP contribution >= 0.6 is 0 Å². The fourth-order valence-electron chi connectivity index (χ4n) is 3.73. The number of carbonyl (C=O) groups excluding carboxylic acids is 1. The van der Waals surface area contributed by atoms with Gasteiger partial charge in [0.15, 0.2) is 5.60 Å². The van der Waals surface area contributed by atoms with Crippen LogP contribution in [-0.2, 0) is 14.3 Å². The normalized spacial score (nSPS) is 35.8. The molecule has 1 saturated heterocycles. The number of rotatable bonds is 9. The minimum Gasteiger partial charge on any atom is -0.449 e. The van der Waals surface area contributed by atoms with Crippen LogP contribution in [0.5, 0.6) is 0 Å². The molecule has 0 aliphatic carbocycles. The van der Waals surface area contributed by atoms with E-state index < -0.39 is 5.60 Å². The predicted octanol–water partition coefficient (Wildman–Crippen LogP) is 4.40. The number of unbranched alkanes of at least 4 members (excludes halogenated alkanes) is 1. The van der Waals surface area contributed by atoms with Gasteiger partial charge in [-0.3, -0.25) is 0 Å². The lowest BCUT2D eigenvalue weighted by Gasteiger charge is -2.26. The largest absolute Gasteiger partial charge is 0.449 e. The van der Waals surface area contributed by atoms with Gasteiger partial charge < -0.3 is 9.47 Å². The van der Waals surface area contributed by atoms with Gasteiger partial charge in [0.1, 0.15) is 6.10 Å². The molecule has 3 heteroatoms. The molecule has 2 heterocycles. The molecule has 0 spiro atoms. The molecule has 0 aromatic carbocycles. The van der Waals surface area contributed by atoms with E-state index >= 15 is 0 Å². The van der Waals surface area contributed by atoms with Crippen LogP contribution in [0.2, 0.25) is 0 Å². The van der Waals surface area contributed by atoms with Crippen LogP contribution in [0, 0.1) is 5.92 Å². The van der Waals surface area contributed by atoms with Crippen molar-refractivity contribution in [3.05, 3.63) is 12.2 Å². The van der Waals surface area contributed by atoms with E-state index in [1.54, 1.807) is 6.08 Å². The molecule has 0 radical (unpaired) electrons. The molecule has 21 heavy (non-hydrogen) atoms. The number of hydrogen-bond donors (Lipinski definition) is 0. The van der Waals surface area contributed by atoms with Crippen molar-refractivity contribution in [2.24, 2.45) is 5.92 Å². The second-order valence-electron chi connectivity index (χ2n) is 6.60. The van der Waals surface area contributed by atoms with E-state index in [4.69, 9.17) is 9.47 Å². The highest BCUT2D eigenvalue weighted by Gasteiger charge is 2.66. The Hall–Kier alpha value is -0.830. The maximum atomic E-state index is 11.5. The summed E-state index contributed by atoms with van der Waals surface area (Å²) >= 11 is 0. The summed E-state index contributed by atoms with van der Waals surface area (Å²) in [7, 11) is 0. The zero-order valence-corrected chi connectivity index (χ0v) is 14.0. The van der Waals surface area contributed by atoms with Crippen LogP contribution in [0.3, 0.4) is 0 Å². The average Bonchev–Trinajstić information content (AvgIpc) is 3.11. The third-order valence-corrected chi connectivity index (χ3v) is 5.34. The molecule has 1 fully saturated rings. The Kier molecular flexibility index (Phi) is 5.13. The number of carbonyl (C=O) groups is 1. The summed E-state index contributed by atoms with van der Waals surface area (Å²) in [6.45, 7) is 8.77. The molecule has 120 valence electrons. The smallest absolute Gasteiger partial charge is 0.331 e. The van der Waals surface area contributed by atoms with Gasteiger partial charge in [-0.05, 0) is 31.3 Å². The van der Waals surface area contributed by atoms with Gasteiger partial charge in [-0.25, -0.2) is 4.79 Å². The van der Waals surface area contributed by atoms with Gasteiger partial charge >= 0.3 is 5.97 Å². The SMILES string of the molecule is CCCCC(CC)C[C@]1(CC)O[C@H]1[C@]1(CC)C=CC(=O)O1. The minimum absolute atomic E-state index is 0.0402. The predicted molar refractivity (Wildman–Crippen MR) is 84.1 cm³/mol. The molecular formula is C18H30O3.